The second-order valence-electron chi connectivity index (χ2n) is 8.20. The van der Waals surface area contributed by atoms with Gasteiger partial charge in [0.2, 0.25) is 5.91 Å². The number of halogens is 3. The van der Waals surface area contributed by atoms with Gasteiger partial charge in [0, 0.05) is 50.7 Å². The standard InChI is InChI=1S/C24H26F3N3O4/c1-2-3-17-4-6-18(7-5-17)22(31)10-11-23(32)29-14-12-28(13-15-29)20-9-8-19(24(25,26)27)16-21(20)30(33)34/h4-9,16H,2-3,10-15H2,1H3. The number of carbonyl (C=O) groups excluding carboxylic acids is 2. The van der Waals surface area contributed by atoms with E-state index < -0.39 is 22.4 Å². The molecule has 1 fully saturated rings. The van der Waals surface area contributed by atoms with Crippen LogP contribution in [0.1, 0.15) is 47.7 Å². The van der Waals surface area contributed by atoms with Gasteiger partial charge in [-0.1, -0.05) is 37.6 Å². The van der Waals surface area contributed by atoms with Crippen molar-refractivity contribution in [3.8, 4) is 0 Å². The van der Waals surface area contributed by atoms with Gasteiger partial charge in [0.05, 0.1) is 10.5 Å². The zero-order chi connectivity index (χ0) is 24.9. The molecule has 1 saturated heterocycles. The Balaban J connectivity index is 1.56. The largest absolute Gasteiger partial charge is 0.416 e. The van der Waals surface area contributed by atoms with Crippen LogP contribution in [0.2, 0.25) is 0 Å². The normalized spacial score (nSPS) is 14.2. The van der Waals surface area contributed by atoms with Crippen molar-refractivity contribution in [2.24, 2.45) is 0 Å². The first kappa shape index (κ1) is 25.2. The van der Waals surface area contributed by atoms with Gasteiger partial charge < -0.3 is 9.80 Å². The molecule has 182 valence electrons. The smallest absolute Gasteiger partial charge is 0.362 e. The predicted octanol–water partition coefficient (Wildman–Crippen LogP) is 4.88. The average molecular weight is 477 g/mol. The Kier molecular flexibility index (Phi) is 7.90. The molecule has 0 bridgehead atoms. The summed E-state index contributed by atoms with van der Waals surface area (Å²) in [5.74, 6) is -0.312. The monoisotopic (exact) mass is 477 g/mol. The minimum Gasteiger partial charge on any atom is -0.362 e. The number of alkyl halides is 3. The molecule has 2 aromatic carbocycles. The maximum atomic E-state index is 12.9. The quantitative estimate of drug-likeness (QED) is 0.308. The van der Waals surface area contributed by atoms with Crippen LogP contribution < -0.4 is 4.90 Å². The summed E-state index contributed by atoms with van der Waals surface area (Å²) in [4.78, 5) is 38.7. The van der Waals surface area contributed by atoms with E-state index >= 15 is 0 Å². The molecule has 7 nitrogen and oxygen atoms in total. The Morgan fingerprint density at radius 3 is 2.21 bits per heavy atom. The number of nitrogens with zero attached hydrogens (tertiary/aromatic N) is 3. The number of hydrogen-bond acceptors (Lipinski definition) is 5. The molecular formula is C24H26F3N3O4. The fraction of sp³-hybridized carbons (Fsp3) is 0.417. The van der Waals surface area contributed by atoms with Crippen molar-refractivity contribution in [1.82, 2.24) is 4.90 Å². The third kappa shape index (κ3) is 6.12. The number of aryl methyl sites for hydroxylation is 1. The lowest BCUT2D eigenvalue weighted by Gasteiger charge is -2.36. The van der Waals surface area contributed by atoms with E-state index in [1.807, 2.05) is 12.1 Å². The van der Waals surface area contributed by atoms with Gasteiger partial charge in [0.1, 0.15) is 5.69 Å². The summed E-state index contributed by atoms with van der Waals surface area (Å²) in [6.45, 7) is 3.08. The molecule has 0 spiro atoms. The average Bonchev–Trinajstić information content (AvgIpc) is 2.82. The number of benzene rings is 2. The van der Waals surface area contributed by atoms with Crippen molar-refractivity contribution in [2.45, 2.75) is 38.8 Å². The molecule has 1 amide bonds. The Labute approximate surface area is 195 Å². The number of piperazine rings is 1. The van der Waals surface area contributed by atoms with Crippen molar-refractivity contribution >= 4 is 23.1 Å². The third-order valence-corrected chi connectivity index (χ3v) is 5.85. The molecule has 0 saturated carbocycles. The van der Waals surface area contributed by atoms with Gasteiger partial charge in [-0.25, -0.2) is 0 Å². The molecule has 3 rings (SSSR count). The molecule has 1 aliphatic rings. The summed E-state index contributed by atoms with van der Waals surface area (Å²) in [5.41, 5.74) is 0.103. The van der Waals surface area contributed by atoms with E-state index in [0.29, 0.717) is 11.6 Å². The maximum absolute atomic E-state index is 12.9. The number of Topliss-reactive ketones (excluding diaryl/α,β-unsaturated/α-hetero) is 1. The number of rotatable bonds is 8. The number of nitro groups is 1. The number of ketones is 1. The minimum absolute atomic E-state index is 0.0516. The van der Waals surface area contributed by atoms with E-state index in [2.05, 4.69) is 6.92 Å². The zero-order valence-electron chi connectivity index (χ0n) is 18.8. The highest BCUT2D eigenvalue weighted by atomic mass is 19.4. The van der Waals surface area contributed by atoms with E-state index in [1.165, 1.54) is 0 Å². The molecule has 34 heavy (non-hydrogen) atoms. The van der Waals surface area contributed by atoms with Crippen molar-refractivity contribution in [2.75, 3.05) is 31.1 Å². The molecule has 1 heterocycles. The van der Waals surface area contributed by atoms with Crippen LogP contribution in [0.15, 0.2) is 42.5 Å². The zero-order valence-corrected chi connectivity index (χ0v) is 18.8. The molecule has 0 atom stereocenters. The molecule has 0 N–H and O–H groups in total. The van der Waals surface area contributed by atoms with E-state index in [1.54, 1.807) is 21.9 Å². The van der Waals surface area contributed by atoms with Crippen LogP contribution in [-0.2, 0) is 17.4 Å². The van der Waals surface area contributed by atoms with Gasteiger partial charge in [-0.05, 0) is 24.1 Å². The second-order valence-corrected chi connectivity index (χ2v) is 8.20. The van der Waals surface area contributed by atoms with Crippen molar-refractivity contribution in [1.29, 1.82) is 0 Å². The van der Waals surface area contributed by atoms with Crippen molar-refractivity contribution in [3.05, 3.63) is 69.3 Å². The highest BCUT2D eigenvalue weighted by Crippen LogP contribution is 2.36. The minimum atomic E-state index is -4.68. The third-order valence-electron chi connectivity index (χ3n) is 5.85. The summed E-state index contributed by atoms with van der Waals surface area (Å²) in [6, 6.07) is 9.83. The summed E-state index contributed by atoms with van der Waals surface area (Å²) in [6.07, 6.45) is -2.59. The van der Waals surface area contributed by atoms with Crippen molar-refractivity contribution < 1.29 is 27.7 Å². The van der Waals surface area contributed by atoms with Gasteiger partial charge >= 0.3 is 6.18 Å². The topological polar surface area (TPSA) is 83.8 Å². The van der Waals surface area contributed by atoms with Crippen LogP contribution in [-0.4, -0.2) is 47.7 Å². The summed E-state index contributed by atoms with van der Waals surface area (Å²) < 4.78 is 38.8. The number of anilines is 1. The number of carbonyl (C=O) groups is 2. The number of amides is 1. The van der Waals surface area contributed by atoms with Crippen LogP contribution in [0, 0.1) is 10.1 Å². The Morgan fingerprint density at radius 1 is 1.00 bits per heavy atom. The van der Waals surface area contributed by atoms with E-state index in [0.717, 1.165) is 30.5 Å². The second kappa shape index (κ2) is 10.7. The maximum Gasteiger partial charge on any atom is 0.416 e. The van der Waals surface area contributed by atoms with Crippen LogP contribution >= 0.6 is 0 Å². The highest BCUT2D eigenvalue weighted by Gasteiger charge is 2.34. The summed E-state index contributed by atoms with van der Waals surface area (Å²) >= 11 is 0. The fourth-order valence-corrected chi connectivity index (χ4v) is 3.98. The molecule has 0 aromatic heterocycles. The van der Waals surface area contributed by atoms with Crippen molar-refractivity contribution in [3.63, 3.8) is 0 Å². The molecule has 0 aliphatic carbocycles. The SMILES string of the molecule is CCCc1ccc(C(=O)CCC(=O)N2CCN(c3ccc(C(F)(F)F)cc3[N+](=O)[O-])CC2)cc1. The van der Waals surface area contributed by atoms with E-state index in [9.17, 15) is 32.9 Å². The van der Waals surface area contributed by atoms with Gasteiger partial charge in [-0.2, -0.15) is 13.2 Å². The molecule has 10 heteroatoms. The summed E-state index contributed by atoms with van der Waals surface area (Å²) in [7, 11) is 0. The lowest BCUT2D eigenvalue weighted by molar-refractivity contribution is -0.384. The Hall–Kier alpha value is -3.43. The molecule has 1 aliphatic heterocycles. The Bertz CT molecular complexity index is 1050. The highest BCUT2D eigenvalue weighted by molar-refractivity contribution is 5.98. The first-order valence-electron chi connectivity index (χ1n) is 11.1. The van der Waals surface area contributed by atoms with Crippen LogP contribution in [0.25, 0.3) is 0 Å². The van der Waals surface area contributed by atoms with Gasteiger partial charge in [-0.15, -0.1) is 0 Å². The number of hydrogen-bond donors (Lipinski definition) is 0. The van der Waals surface area contributed by atoms with Gasteiger partial charge in [-0.3, -0.25) is 19.7 Å². The van der Waals surface area contributed by atoms with Gasteiger partial charge in [0.15, 0.2) is 5.78 Å². The molecule has 2 aromatic rings. The predicted molar refractivity (Wildman–Crippen MR) is 121 cm³/mol. The van der Waals surface area contributed by atoms with E-state index in [-0.39, 0.29) is 56.4 Å². The van der Waals surface area contributed by atoms with E-state index in [4.69, 9.17) is 0 Å². The van der Waals surface area contributed by atoms with Crippen LogP contribution in [0.5, 0.6) is 0 Å². The first-order valence-corrected chi connectivity index (χ1v) is 11.1. The van der Waals surface area contributed by atoms with Crippen LogP contribution in [0.3, 0.4) is 0 Å². The fourth-order valence-electron chi connectivity index (χ4n) is 3.98. The number of nitro benzene ring substituents is 1. The molecule has 0 unspecified atom stereocenters. The lowest BCUT2D eigenvalue weighted by Crippen LogP contribution is -2.49. The Morgan fingerprint density at radius 2 is 1.65 bits per heavy atom. The molecule has 0 radical (unpaired) electrons. The van der Waals surface area contributed by atoms with Gasteiger partial charge in [0.25, 0.3) is 5.69 Å². The summed E-state index contributed by atoms with van der Waals surface area (Å²) in [5, 5.41) is 11.3. The van der Waals surface area contributed by atoms with Crippen LogP contribution in [0.4, 0.5) is 24.5 Å². The lowest BCUT2D eigenvalue weighted by atomic mass is 10.0. The first-order chi connectivity index (χ1) is 16.1. The molecular weight excluding hydrogens is 451 g/mol.